The fraction of sp³-hybridized carbons (Fsp3) is 0.462. The van der Waals surface area contributed by atoms with Crippen LogP contribution in [-0.2, 0) is 20.9 Å². The number of quaternary nitrogens is 1. The van der Waals surface area contributed by atoms with Gasteiger partial charge in [-0.1, -0.05) is 55.5 Å². The molecule has 1 fully saturated rings. The molecule has 0 aromatic heterocycles. The van der Waals surface area contributed by atoms with Gasteiger partial charge in [-0.05, 0) is 49.8 Å². The number of piperidine rings is 1. The molecule has 0 aliphatic carbocycles. The summed E-state index contributed by atoms with van der Waals surface area (Å²) in [6.07, 6.45) is 3.88. The van der Waals surface area contributed by atoms with E-state index in [4.69, 9.17) is 4.74 Å². The van der Waals surface area contributed by atoms with Gasteiger partial charge in [0.15, 0.2) is 12.6 Å². The number of para-hydroxylation sites is 1. The van der Waals surface area contributed by atoms with E-state index in [0.717, 1.165) is 54.7 Å². The van der Waals surface area contributed by atoms with E-state index in [0.29, 0.717) is 10.9 Å². The van der Waals surface area contributed by atoms with Crippen LogP contribution in [0, 0.1) is 13.8 Å². The van der Waals surface area contributed by atoms with Crippen LogP contribution in [-0.4, -0.2) is 42.0 Å². The molecular formula is C26H35N2O3+. The van der Waals surface area contributed by atoms with Crippen molar-refractivity contribution in [3.63, 3.8) is 0 Å². The predicted molar refractivity (Wildman–Crippen MR) is 124 cm³/mol. The molecule has 1 aliphatic heterocycles. The summed E-state index contributed by atoms with van der Waals surface area (Å²) in [6, 6.07) is 15.5. The number of carbonyl (C=O) groups is 2. The molecule has 1 N–H and O–H groups in total. The van der Waals surface area contributed by atoms with Gasteiger partial charge in [-0.2, -0.15) is 0 Å². The van der Waals surface area contributed by atoms with Crippen molar-refractivity contribution in [3.8, 4) is 0 Å². The van der Waals surface area contributed by atoms with Crippen molar-refractivity contribution in [2.24, 2.45) is 0 Å². The van der Waals surface area contributed by atoms with Crippen molar-refractivity contribution in [3.05, 3.63) is 65.2 Å². The molecule has 3 rings (SSSR count). The first-order valence-electron chi connectivity index (χ1n) is 11.4. The number of carbonyl (C=O) groups excluding carboxylic acids is 2. The predicted octanol–water partition coefficient (Wildman–Crippen LogP) is 4.76. The van der Waals surface area contributed by atoms with E-state index >= 15 is 0 Å². The van der Waals surface area contributed by atoms with E-state index in [1.807, 2.05) is 69.3 Å². The molecule has 1 saturated heterocycles. The van der Waals surface area contributed by atoms with Crippen molar-refractivity contribution < 1.29 is 18.8 Å². The van der Waals surface area contributed by atoms with Gasteiger partial charge in [0, 0.05) is 12.1 Å². The molecule has 1 atom stereocenters. The Labute approximate surface area is 186 Å². The van der Waals surface area contributed by atoms with Gasteiger partial charge >= 0.3 is 5.97 Å². The number of rotatable bonds is 8. The third kappa shape index (κ3) is 5.73. The highest BCUT2D eigenvalue weighted by atomic mass is 16.5. The molecular weight excluding hydrogens is 388 g/mol. The zero-order chi connectivity index (χ0) is 22.3. The van der Waals surface area contributed by atoms with Crippen LogP contribution in [0.2, 0.25) is 0 Å². The number of nitrogens with zero attached hydrogens (tertiary/aromatic N) is 1. The highest BCUT2D eigenvalue weighted by Gasteiger charge is 2.43. The molecule has 0 saturated carbocycles. The fourth-order valence-electron chi connectivity index (χ4n) is 4.80. The van der Waals surface area contributed by atoms with Crippen LogP contribution in [0.15, 0.2) is 48.5 Å². The second-order valence-corrected chi connectivity index (χ2v) is 8.71. The largest absolute Gasteiger partial charge is 0.457 e. The van der Waals surface area contributed by atoms with E-state index in [1.54, 1.807) is 0 Å². The van der Waals surface area contributed by atoms with Gasteiger partial charge in [-0.25, -0.2) is 4.79 Å². The van der Waals surface area contributed by atoms with Crippen LogP contribution in [0.1, 0.15) is 49.3 Å². The Morgan fingerprint density at radius 3 is 2.23 bits per heavy atom. The monoisotopic (exact) mass is 423 g/mol. The van der Waals surface area contributed by atoms with E-state index in [-0.39, 0.29) is 31.1 Å². The van der Waals surface area contributed by atoms with Crippen LogP contribution in [0.4, 0.5) is 5.69 Å². The van der Waals surface area contributed by atoms with Crippen molar-refractivity contribution in [1.82, 2.24) is 0 Å². The zero-order valence-corrected chi connectivity index (χ0v) is 19.0. The Balaban J connectivity index is 1.75. The standard InChI is InChI=1S/C26H34N2O3/c1-4-23(26(30)27-25-20(2)12-11-13-21(25)3)28(16-9-6-10-17-28)18-24(29)31-19-22-14-7-5-8-15-22/h5,7-8,11-15,23H,4,6,9-10,16-19H2,1-3H3/p+1. The lowest BCUT2D eigenvalue weighted by molar-refractivity contribution is -0.940. The Morgan fingerprint density at radius 1 is 0.968 bits per heavy atom. The maximum absolute atomic E-state index is 13.4. The average molecular weight is 424 g/mol. The molecule has 1 heterocycles. The summed E-state index contributed by atoms with van der Waals surface area (Å²) < 4.78 is 6.09. The highest BCUT2D eigenvalue weighted by Crippen LogP contribution is 2.27. The zero-order valence-electron chi connectivity index (χ0n) is 19.0. The summed E-state index contributed by atoms with van der Waals surface area (Å²) in [5, 5.41) is 3.18. The maximum atomic E-state index is 13.4. The normalized spacial score (nSPS) is 16.4. The van der Waals surface area contributed by atoms with Crippen LogP contribution in [0.25, 0.3) is 0 Å². The van der Waals surface area contributed by atoms with Crippen LogP contribution in [0.5, 0.6) is 0 Å². The Morgan fingerprint density at radius 2 is 1.61 bits per heavy atom. The maximum Gasteiger partial charge on any atom is 0.362 e. The third-order valence-electron chi connectivity index (χ3n) is 6.47. The Hall–Kier alpha value is -2.66. The van der Waals surface area contributed by atoms with E-state index in [2.05, 4.69) is 5.32 Å². The van der Waals surface area contributed by atoms with Crippen molar-refractivity contribution in [1.29, 1.82) is 0 Å². The van der Waals surface area contributed by atoms with Crippen LogP contribution >= 0.6 is 0 Å². The minimum atomic E-state index is -0.274. The minimum Gasteiger partial charge on any atom is -0.457 e. The molecule has 1 aliphatic rings. The first-order chi connectivity index (χ1) is 14.9. The molecule has 0 radical (unpaired) electrons. The third-order valence-corrected chi connectivity index (χ3v) is 6.47. The number of benzene rings is 2. The number of likely N-dealkylation sites (tertiary alicyclic amines) is 1. The number of nitrogens with one attached hydrogen (secondary N) is 1. The molecule has 2 aromatic carbocycles. The molecule has 1 unspecified atom stereocenters. The van der Waals surface area contributed by atoms with Crippen molar-refractivity contribution >= 4 is 17.6 Å². The highest BCUT2D eigenvalue weighted by molar-refractivity contribution is 5.95. The lowest BCUT2D eigenvalue weighted by Gasteiger charge is -2.45. The molecule has 0 spiro atoms. The van der Waals surface area contributed by atoms with Gasteiger partial charge in [0.1, 0.15) is 6.61 Å². The Bertz CT molecular complexity index is 869. The molecule has 0 bridgehead atoms. The lowest BCUT2D eigenvalue weighted by atomic mass is 10.00. The number of hydrogen-bond donors (Lipinski definition) is 1. The molecule has 1 amide bonds. The van der Waals surface area contributed by atoms with Gasteiger partial charge in [-0.15, -0.1) is 0 Å². The van der Waals surface area contributed by atoms with Crippen molar-refractivity contribution in [2.45, 2.75) is 59.1 Å². The van der Waals surface area contributed by atoms with Gasteiger partial charge < -0.3 is 14.5 Å². The van der Waals surface area contributed by atoms with Gasteiger partial charge in [0.2, 0.25) is 0 Å². The van der Waals surface area contributed by atoms with Gasteiger partial charge in [-0.3, -0.25) is 4.79 Å². The minimum absolute atomic E-state index is 0.00217. The number of anilines is 1. The van der Waals surface area contributed by atoms with Gasteiger partial charge in [0.05, 0.1) is 13.1 Å². The number of hydrogen-bond acceptors (Lipinski definition) is 3. The summed E-state index contributed by atoms with van der Waals surface area (Å²) in [5.41, 5.74) is 3.96. The molecule has 2 aromatic rings. The quantitative estimate of drug-likeness (QED) is 0.492. The van der Waals surface area contributed by atoms with Gasteiger partial charge in [0.25, 0.3) is 5.91 Å². The molecule has 5 nitrogen and oxygen atoms in total. The number of ether oxygens (including phenoxy) is 1. The van der Waals surface area contributed by atoms with Crippen molar-refractivity contribution in [2.75, 3.05) is 25.0 Å². The summed E-state index contributed by atoms with van der Waals surface area (Å²) in [4.78, 5) is 26.3. The first-order valence-corrected chi connectivity index (χ1v) is 11.4. The SMILES string of the molecule is CCC(C(=O)Nc1c(C)cccc1C)[N+]1(CC(=O)OCc2ccccc2)CCCCC1. The number of aryl methyl sites for hydroxylation is 2. The Kier molecular flexibility index (Phi) is 7.85. The fourth-order valence-corrected chi connectivity index (χ4v) is 4.80. The van der Waals surface area contributed by atoms with Crippen LogP contribution in [0.3, 0.4) is 0 Å². The summed E-state index contributed by atoms with van der Waals surface area (Å²) in [6.45, 7) is 8.24. The summed E-state index contributed by atoms with van der Waals surface area (Å²) in [7, 11) is 0. The number of esters is 1. The average Bonchev–Trinajstić information content (AvgIpc) is 2.77. The molecule has 5 heteroatoms. The molecule has 166 valence electrons. The smallest absolute Gasteiger partial charge is 0.362 e. The second-order valence-electron chi connectivity index (χ2n) is 8.71. The first kappa shape index (κ1) is 23.0. The van der Waals surface area contributed by atoms with E-state index in [9.17, 15) is 9.59 Å². The van der Waals surface area contributed by atoms with E-state index in [1.165, 1.54) is 0 Å². The summed E-state index contributed by atoms with van der Waals surface area (Å²) >= 11 is 0. The number of amides is 1. The summed E-state index contributed by atoms with van der Waals surface area (Å²) in [5.74, 6) is -0.235. The van der Waals surface area contributed by atoms with Crippen LogP contribution < -0.4 is 5.32 Å². The molecule has 31 heavy (non-hydrogen) atoms. The second kappa shape index (κ2) is 10.6. The lowest BCUT2D eigenvalue weighted by Crippen LogP contribution is -2.63. The topological polar surface area (TPSA) is 55.4 Å². The van der Waals surface area contributed by atoms with E-state index < -0.39 is 0 Å².